The van der Waals surface area contributed by atoms with Crippen LogP contribution in [0.3, 0.4) is 0 Å². The number of para-hydroxylation sites is 1. The summed E-state index contributed by atoms with van der Waals surface area (Å²) in [5.41, 5.74) is 0.620. The maximum Gasteiger partial charge on any atom is 0.137 e. The molecule has 1 aromatic rings. The third-order valence-corrected chi connectivity index (χ3v) is 4.37. The molecule has 1 aromatic carbocycles. The van der Waals surface area contributed by atoms with E-state index in [4.69, 9.17) is 10.00 Å². The van der Waals surface area contributed by atoms with Crippen molar-refractivity contribution < 1.29 is 4.74 Å². The fraction of sp³-hybridized carbons (Fsp3) is 0.611. The molecule has 1 fully saturated rings. The molecule has 1 saturated carbocycles. The normalized spacial score (nSPS) is 16.4. The van der Waals surface area contributed by atoms with E-state index >= 15 is 0 Å². The van der Waals surface area contributed by atoms with Gasteiger partial charge in [0.2, 0.25) is 0 Å². The van der Waals surface area contributed by atoms with Gasteiger partial charge in [-0.2, -0.15) is 5.26 Å². The molecule has 0 bridgehead atoms. The van der Waals surface area contributed by atoms with Crippen LogP contribution in [0.15, 0.2) is 24.3 Å². The van der Waals surface area contributed by atoms with Gasteiger partial charge in [-0.15, -0.1) is 0 Å². The Morgan fingerprint density at radius 3 is 2.62 bits per heavy atom. The van der Waals surface area contributed by atoms with Crippen molar-refractivity contribution in [3.8, 4) is 11.8 Å². The zero-order chi connectivity index (χ0) is 14.9. The largest absolute Gasteiger partial charge is 0.492 e. The molecule has 0 atom stereocenters. The van der Waals surface area contributed by atoms with Crippen molar-refractivity contribution in [2.45, 2.75) is 51.0 Å². The summed E-state index contributed by atoms with van der Waals surface area (Å²) in [4.78, 5) is 2.49. The van der Waals surface area contributed by atoms with Gasteiger partial charge in [0.25, 0.3) is 0 Å². The van der Waals surface area contributed by atoms with Gasteiger partial charge in [0.05, 0.1) is 12.2 Å². The SMILES string of the molecule is CN(CCCOc1ccccc1C#N)C1CCCCCC1. The van der Waals surface area contributed by atoms with Crippen molar-refractivity contribution in [1.29, 1.82) is 5.26 Å². The average Bonchev–Trinajstić information content (AvgIpc) is 2.81. The molecule has 0 spiro atoms. The lowest BCUT2D eigenvalue weighted by atomic mass is 10.1. The van der Waals surface area contributed by atoms with Gasteiger partial charge in [0, 0.05) is 12.6 Å². The van der Waals surface area contributed by atoms with Crippen LogP contribution in [0, 0.1) is 11.3 Å². The van der Waals surface area contributed by atoms with Crippen LogP contribution in [-0.2, 0) is 0 Å². The lowest BCUT2D eigenvalue weighted by Crippen LogP contribution is -2.32. The fourth-order valence-electron chi connectivity index (χ4n) is 3.06. The molecule has 114 valence electrons. The van der Waals surface area contributed by atoms with E-state index in [9.17, 15) is 0 Å². The summed E-state index contributed by atoms with van der Waals surface area (Å²) in [6, 6.07) is 10.4. The predicted octanol–water partition coefficient (Wildman–Crippen LogP) is 3.98. The second-order valence-corrected chi connectivity index (χ2v) is 5.94. The van der Waals surface area contributed by atoms with Gasteiger partial charge in [0.15, 0.2) is 0 Å². The maximum atomic E-state index is 9.02. The van der Waals surface area contributed by atoms with Gasteiger partial charge < -0.3 is 9.64 Å². The van der Waals surface area contributed by atoms with Crippen LogP contribution >= 0.6 is 0 Å². The molecule has 2 rings (SSSR count). The molecule has 1 aliphatic rings. The summed E-state index contributed by atoms with van der Waals surface area (Å²) in [5, 5.41) is 9.02. The van der Waals surface area contributed by atoms with Crippen molar-refractivity contribution >= 4 is 0 Å². The van der Waals surface area contributed by atoms with E-state index in [2.05, 4.69) is 18.0 Å². The number of hydrogen-bond acceptors (Lipinski definition) is 3. The average molecular weight is 286 g/mol. The molecule has 0 N–H and O–H groups in total. The molecule has 3 heteroatoms. The minimum absolute atomic E-state index is 0.620. The van der Waals surface area contributed by atoms with Crippen molar-refractivity contribution in [1.82, 2.24) is 4.90 Å². The predicted molar refractivity (Wildman–Crippen MR) is 85.4 cm³/mol. The van der Waals surface area contributed by atoms with Crippen LogP contribution in [0.1, 0.15) is 50.5 Å². The van der Waals surface area contributed by atoms with Gasteiger partial charge in [-0.1, -0.05) is 37.8 Å². The van der Waals surface area contributed by atoms with E-state index in [1.807, 2.05) is 18.2 Å². The lowest BCUT2D eigenvalue weighted by molar-refractivity contribution is 0.199. The van der Waals surface area contributed by atoms with Crippen molar-refractivity contribution in [2.75, 3.05) is 20.2 Å². The Kier molecular flexibility index (Phi) is 6.56. The molecule has 1 aliphatic carbocycles. The molecule has 21 heavy (non-hydrogen) atoms. The first-order valence-corrected chi connectivity index (χ1v) is 8.13. The van der Waals surface area contributed by atoms with Crippen LogP contribution in [0.25, 0.3) is 0 Å². The Labute approximate surface area is 128 Å². The highest BCUT2D eigenvalue weighted by Gasteiger charge is 2.16. The summed E-state index contributed by atoms with van der Waals surface area (Å²) < 4.78 is 5.74. The molecule has 0 unspecified atom stereocenters. The monoisotopic (exact) mass is 286 g/mol. The van der Waals surface area contributed by atoms with Gasteiger partial charge in [-0.25, -0.2) is 0 Å². The summed E-state index contributed by atoms with van der Waals surface area (Å²) in [6.45, 7) is 1.75. The van der Waals surface area contributed by atoms with Crippen LogP contribution in [0.5, 0.6) is 5.75 Å². The number of nitriles is 1. The number of hydrogen-bond donors (Lipinski definition) is 0. The lowest BCUT2D eigenvalue weighted by Gasteiger charge is -2.26. The van der Waals surface area contributed by atoms with Crippen molar-refractivity contribution in [3.63, 3.8) is 0 Å². The van der Waals surface area contributed by atoms with Gasteiger partial charge in [-0.05, 0) is 38.4 Å². The zero-order valence-electron chi connectivity index (χ0n) is 13.1. The van der Waals surface area contributed by atoms with Crippen molar-refractivity contribution in [2.24, 2.45) is 0 Å². The highest BCUT2D eigenvalue weighted by atomic mass is 16.5. The van der Waals surface area contributed by atoms with Crippen LogP contribution in [0.2, 0.25) is 0 Å². The van der Waals surface area contributed by atoms with E-state index in [0.29, 0.717) is 17.9 Å². The molecule has 0 amide bonds. The molecule has 0 aliphatic heterocycles. The summed E-state index contributed by atoms with van der Waals surface area (Å²) >= 11 is 0. The molecule has 0 radical (unpaired) electrons. The van der Waals surface area contributed by atoms with Crippen LogP contribution < -0.4 is 4.74 Å². The number of nitrogens with zero attached hydrogens (tertiary/aromatic N) is 2. The topological polar surface area (TPSA) is 36.3 Å². The minimum atomic E-state index is 0.620. The molecule has 0 saturated heterocycles. The Hall–Kier alpha value is -1.53. The maximum absolute atomic E-state index is 9.02. The molecular weight excluding hydrogens is 260 g/mol. The Balaban J connectivity index is 1.70. The first-order valence-electron chi connectivity index (χ1n) is 8.13. The third-order valence-electron chi connectivity index (χ3n) is 4.37. The third kappa shape index (κ3) is 5.06. The molecule has 0 heterocycles. The second-order valence-electron chi connectivity index (χ2n) is 5.94. The van der Waals surface area contributed by atoms with E-state index in [0.717, 1.165) is 19.0 Å². The van der Waals surface area contributed by atoms with Crippen LogP contribution in [-0.4, -0.2) is 31.1 Å². The second kappa shape index (κ2) is 8.69. The Morgan fingerprint density at radius 2 is 1.90 bits per heavy atom. The number of ether oxygens (including phenoxy) is 1. The standard InChI is InChI=1S/C18H26N2O/c1-20(17-10-4-2-3-5-11-17)13-8-14-21-18-12-7-6-9-16(18)15-19/h6-7,9,12,17H,2-5,8,10-11,13-14H2,1H3. The summed E-state index contributed by atoms with van der Waals surface area (Å²) in [6.07, 6.45) is 9.24. The number of rotatable bonds is 6. The Bertz CT molecular complexity index is 459. The Morgan fingerprint density at radius 1 is 1.19 bits per heavy atom. The molecule has 0 aromatic heterocycles. The summed E-state index contributed by atoms with van der Waals surface area (Å²) in [7, 11) is 2.24. The first kappa shape index (κ1) is 15.9. The van der Waals surface area contributed by atoms with E-state index in [-0.39, 0.29) is 0 Å². The van der Waals surface area contributed by atoms with Gasteiger partial charge in [0.1, 0.15) is 11.8 Å². The quantitative estimate of drug-likeness (QED) is 0.586. The highest BCUT2D eigenvalue weighted by Crippen LogP contribution is 2.21. The van der Waals surface area contributed by atoms with Gasteiger partial charge in [-0.3, -0.25) is 0 Å². The highest BCUT2D eigenvalue weighted by molar-refractivity contribution is 5.42. The smallest absolute Gasteiger partial charge is 0.137 e. The molecule has 3 nitrogen and oxygen atoms in total. The molecular formula is C18H26N2O. The van der Waals surface area contributed by atoms with Crippen molar-refractivity contribution in [3.05, 3.63) is 29.8 Å². The van der Waals surface area contributed by atoms with E-state index in [1.54, 1.807) is 6.07 Å². The summed E-state index contributed by atoms with van der Waals surface area (Å²) in [5.74, 6) is 0.706. The van der Waals surface area contributed by atoms with E-state index < -0.39 is 0 Å². The minimum Gasteiger partial charge on any atom is -0.492 e. The number of benzene rings is 1. The van der Waals surface area contributed by atoms with E-state index in [1.165, 1.54) is 38.5 Å². The first-order chi connectivity index (χ1) is 10.3. The van der Waals surface area contributed by atoms with Gasteiger partial charge >= 0.3 is 0 Å². The van der Waals surface area contributed by atoms with Crippen LogP contribution in [0.4, 0.5) is 0 Å². The zero-order valence-corrected chi connectivity index (χ0v) is 13.1. The fourth-order valence-corrected chi connectivity index (χ4v) is 3.06.